The maximum absolute atomic E-state index is 10.9. The lowest BCUT2D eigenvalue weighted by Crippen LogP contribution is -2.42. The number of ether oxygens (including phenoxy) is 3. The molecule has 0 aromatic heterocycles. The average molecular weight is 245 g/mol. The Morgan fingerprint density at radius 3 is 2.82 bits per heavy atom. The highest BCUT2D eigenvalue weighted by Gasteiger charge is 2.50. The second-order valence-electron chi connectivity index (χ2n) is 4.51. The number of hydrogen-bond donors (Lipinski definition) is 1. The van der Waals surface area contributed by atoms with E-state index in [2.05, 4.69) is 5.29 Å². The number of amides is 2. The number of nitrogens with two attached hydrogens (primary N) is 1. The summed E-state index contributed by atoms with van der Waals surface area (Å²) in [5.41, 5.74) is 4.98. The Hall–Kier alpha value is -1.25. The zero-order chi connectivity index (χ0) is 12.6. The van der Waals surface area contributed by atoms with E-state index in [0.717, 1.165) is 0 Å². The summed E-state index contributed by atoms with van der Waals surface area (Å²) in [5, 5.41) is 3.15. The quantitative estimate of drug-likeness (QED) is 0.555. The van der Waals surface area contributed by atoms with Gasteiger partial charge in [-0.3, -0.25) is 0 Å². The molecule has 96 valence electrons. The van der Waals surface area contributed by atoms with E-state index in [0.29, 0.717) is 11.6 Å². The summed E-state index contributed by atoms with van der Waals surface area (Å²) >= 11 is 0. The van der Waals surface area contributed by atoms with E-state index in [1.165, 1.54) is 0 Å². The van der Waals surface area contributed by atoms with Crippen molar-refractivity contribution in [1.29, 1.82) is 0 Å². The summed E-state index contributed by atoms with van der Waals surface area (Å²) in [4.78, 5) is 21.3. The van der Waals surface area contributed by atoms with Gasteiger partial charge in [0.25, 0.3) is 0 Å². The van der Waals surface area contributed by atoms with Gasteiger partial charge in [0.05, 0.1) is 18.4 Å². The summed E-state index contributed by atoms with van der Waals surface area (Å²) in [7, 11) is 0. The minimum atomic E-state index is -0.912. The molecule has 2 rings (SSSR count). The van der Waals surface area contributed by atoms with Gasteiger partial charge in [-0.2, -0.15) is 5.01 Å². The van der Waals surface area contributed by atoms with Crippen LogP contribution in [0.1, 0.15) is 13.8 Å². The first-order chi connectivity index (χ1) is 7.93. The number of hydrogen-bond acceptors (Lipinski definition) is 6. The molecular weight excluding hydrogens is 230 g/mol. The van der Waals surface area contributed by atoms with Gasteiger partial charge < -0.3 is 19.9 Å². The number of primary amides is 1. The van der Waals surface area contributed by atoms with Crippen LogP contribution in [0.3, 0.4) is 0 Å². The van der Waals surface area contributed by atoms with Crippen LogP contribution in [0.25, 0.3) is 0 Å². The lowest BCUT2D eigenvalue weighted by atomic mass is 10.1. The van der Waals surface area contributed by atoms with Crippen molar-refractivity contribution in [1.82, 2.24) is 5.01 Å². The van der Waals surface area contributed by atoms with Crippen molar-refractivity contribution >= 4 is 6.03 Å². The molecule has 0 aromatic rings. The van der Waals surface area contributed by atoms with Gasteiger partial charge in [-0.1, -0.05) is 0 Å². The fraction of sp³-hybridized carbons (Fsp3) is 0.889. The molecule has 0 saturated carbocycles. The third-order valence-electron chi connectivity index (χ3n) is 2.77. The van der Waals surface area contributed by atoms with Crippen LogP contribution in [0.15, 0.2) is 5.29 Å². The standard InChI is InChI=1S/C9H15N3O5/c1-9(2)16-6-4-15-5(7(6)17-9)3-12(11-14)8(10)13/h5-7H,3-4H2,1-2H3,(H2,10,13)/t5-,6+,7-/m0/s1. The molecule has 8 heteroatoms. The average Bonchev–Trinajstić information content (AvgIpc) is 2.70. The minimum Gasteiger partial charge on any atom is -0.371 e. The van der Waals surface area contributed by atoms with Crippen LogP contribution < -0.4 is 5.73 Å². The van der Waals surface area contributed by atoms with Gasteiger partial charge in [0.15, 0.2) is 5.79 Å². The lowest BCUT2D eigenvalue weighted by molar-refractivity contribution is -0.175. The van der Waals surface area contributed by atoms with Crippen LogP contribution in [0.2, 0.25) is 0 Å². The smallest absolute Gasteiger partial charge is 0.337 e. The van der Waals surface area contributed by atoms with Gasteiger partial charge in [0.2, 0.25) is 0 Å². The molecule has 0 bridgehead atoms. The Kier molecular flexibility index (Phi) is 3.02. The molecule has 2 amide bonds. The van der Waals surface area contributed by atoms with E-state index in [9.17, 15) is 9.70 Å². The SMILES string of the molecule is CC1(C)O[C@H]2[C@H](CN(N=O)C(N)=O)OC[C@H]2O1. The molecular formula is C9H15N3O5. The van der Waals surface area contributed by atoms with Crippen LogP contribution in [0, 0.1) is 4.91 Å². The Bertz CT molecular complexity index is 335. The highest BCUT2D eigenvalue weighted by molar-refractivity contribution is 5.71. The van der Waals surface area contributed by atoms with E-state index >= 15 is 0 Å². The van der Waals surface area contributed by atoms with Crippen molar-refractivity contribution in [2.75, 3.05) is 13.2 Å². The van der Waals surface area contributed by atoms with Gasteiger partial charge in [0.1, 0.15) is 18.3 Å². The molecule has 2 heterocycles. The molecule has 2 N–H and O–H groups in total. The molecule has 0 spiro atoms. The molecule has 8 nitrogen and oxygen atoms in total. The molecule has 3 atom stereocenters. The molecule has 2 aliphatic heterocycles. The number of nitroso groups, excluding NO2 is 1. The zero-order valence-electron chi connectivity index (χ0n) is 9.66. The van der Waals surface area contributed by atoms with E-state index < -0.39 is 17.9 Å². The fourth-order valence-corrected chi connectivity index (χ4v) is 2.11. The first kappa shape index (κ1) is 12.2. The highest BCUT2D eigenvalue weighted by Crippen LogP contribution is 2.35. The lowest BCUT2D eigenvalue weighted by Gasteiger charge is -2.23. The summed E-state index contributed by atoms with van der Waals surface area (Å²) in [6.07, 6.45) is -0.947. The van der Waals surface area contributed by atoms with Crippen molar-refractivity contribution in [3.05, 3.63) is 4.91 Å². The molecule has 17 heavy (non-hydrogen) atoms. The number of urea groups is 1. The minimum absolute atomic E-state index is 0.0283. The van der Waals surface area contributed by atoms with Crippen molar-refractivity contribution in [3.8, 4) is 0 Å². The van der Waals surface area contributed by atoms with Crippen LogP contribution in [0.4, 0.5) is 4.79 Å². The van der Waals surface area contributed by atoms with Gasteiger partial charge in [-0.05, 0) is 13.8 Å². The summed E-state index contributed by atoms with van der Waals surface area (Å²) in [5.74, 6) is -0.677. The molecule has 2 aliphatic rings. The first-order valence-corrected chi connectivity index (χ1v) is 5.30. The van der Waals surface area contributed by atoms with Crippen LogP contribution in [0.5, 0.6) is 0 Å². The second kappa shape index (κ2) is 4.21. The zero-order valence-corrected chi connectivity index (χ0v) is 9.66. The van der Waals surface area contributed by atoms with Gasteiger partial charge in [-0.25, -0.2) is 4.79 Å². The molecule has 0 aromatic carbocycles. The largest absolute Gasteiger partial charge is 0.371 e. The first-order valence-electron chi connectivity index (χ1n) is 5.30. The summed E-state index contributed by atoms with van der Waals surface area (Å²) < 4.78 is 16.6. The van der Waals surface area contributed by atoms with Gasteiger partial charge in [0, 0.05) is 0 Å². The maximum atomic E-state index is 10.9. The van der Waals surface area contributed by atoms with Crippen molar-refractivity contribution in [2.24, 2.45) is 11.0 Å². The predicted octanol–water partition coefficient (Wildman–Crippen LogP) is -0.0326. The molecule has 0 unspecified atom stereocenters. The fourth-order valence-electron chi connectivity index (χ4n) is 2.11. The topological polar surface area (TPSA) is 103 Å². The monoisotopic (exact) mass is 245 g/mol. The number of fused-ring (bicyclic) bond motifs is 1. The van der Waals surface area contributed by atoms with E-state index in [1.54, 1.807) is 13.8 Å². The Labute approximate surface area is 97.9 Å². The van der Waals surface area contributed by atoms with E-state index in [-0.39, 0.29) is 18.8 Å². The van der Waals surface area contributed by atoms with Crippen molar-refractivity contribution < 1.29 is 19.0 Å². The Morgan fingerprint density at radius 1 is 1.53 bits per heavy atom. The summed E-state index contributed by atoms with van der Waals surface area (Å²) in [6, 6.07) is -0.912. The molecule has 2 saturated heterocycles. The van der Waals surface area contributed by atoms with E-state index in [4.69, 9.17) is 19.9 Å². The van der Waals surface area contributed by atoms with Crippen LogP contribution in [-0.4, -0.2) is 48.3 Å². The number of nitrogens with zero attached hydrogens (tertiary/aromatic N) is 2. The number of rotatable bonds is 3. The third-order valence-corrected chi connectivity index (χ3v) is 2.77. The van der Waals surface area contributed by atoms with E-state index in [1.807, 2.05) is 0 Å². The van der Waals surface area contributed by atoms with Gasteiger partial charge in [-0.15, -0.1) is 4.91 Å². The third kappa shape index (κ3) is 2.38. The normalized spacial score (nSPS) is 34.4. The Balaban J connectivity index is 1.99. The van der Waals surface area contributed by atoms with Crippen molar-refractivity contribution in [3.63, 3.8) is 0 Å². The number of carbonyl (C=O) groups excluding carboxylic acids is 1. The maximum Gasteiger partial charge on any atom is 0.337 e. The predicted molar refractivity (Wildman–Crippen MR) is 55.6 cm³/mol. The Morgan fingerprint density at radius 2 is 2.24 bits per heavy atom. The molecule has 0 radical (unpaired) electrons. The molecule has 2 fully saturated rings. The summed E-state index contributed by atoms with van der Waals surface area (Å²) in [6.45, 7) is 3.93. The van der Waals surface area contributed by atoms with Gasteiger partial charge >= 0.3 is 6.03 Å². The second-order valence-corrected chi connectivity index (χ2v) is 4.51. The van der Waals surface area contributed by atoms with Crippen LogP contribution in [-0.2, 0) is 14.2 Å². The number of carbonyl (C=O) groups is 1. The van der Waals surface area contributed by atoms with Crippen molar-refractivity contribution in [2.45, 2.75) is 37.9 Å². The molecule has 0 aliphatic carbocycles. The van der Waals surface area contributed by atoms with Crippen LogP contribution >= 0.6 is 0 Å². The highest BCUT2D eigenvalue weighted by atomic mass is 16.8.